The normalized spacial score (nSPS) is 35.1. The largest absolute Gasteiger partial charge is 0.467 e. The maximum absolute atomic E-state index is 10.9. The topological polar surface area (TPSA) is 76.0 Å². The molecule has 2 N–H and O–H groups in total. The summed E-state index contributed by atoms with van der Waals surface area (Å²) in [5, 5.41) is 17.9. The molecule has 3 unspecified atom stereocenters. The molecular weight excluding hydrogens is 164 g/mol. The van der Waals surface area contributed by atoms with Crippen molar-refractivity contribution in [2.24, 2.45) is 0 Å². The van der Waals surface area contributed by atoms with Gasteiger partial charge < -0.3 is 19.7 Å². The van der Waals surface area contributed by atoms with Gasteiger partial charge in [0.2, 0.25) is 0 Å². The highest BCUT2D eigenvalue weighted by Gasteiger charge is 2.37. The van der Waals surface area contributed by atoms with Gasteiger partial charge in [0, 0.05) is 6.42 Å². The first-order valence-corrected chi connectivity index (χ1v) is 3.71. The maximum Gasteiger partial charge on any atom is 0.335 e. The first-order valence-electron chi connectivity index (χ1n) is 3.71. The fourth-order valence-corrected chi connectivity index (χ4v) is 1.18. The molecule has 1 heterocycles. The van der Waals surface area contributed by atoms with Crippen molar-refractivity contribution in [3.63, 3.8) is 0 Å². The SMILES string of the molecule is COC(=O)C1CC(O)C(CO)O1. The zero-order valence-electron chi connectivity index (χ0n) is 6.77. The van der Waals surface area contributed by atoms with Gasteiger partial charge in [-0.05, 0) is 0 Å². The number of carbonyl (C=O) groups excluding carboxylic acids is 1. The van der Waals surface area contributed by atoms with Crippen LogP contribution in [0.3, 0.4) is 0 Å². The summed E-state index contributed by atoms with van der Waals surface area (Å²) in [6.07, 6.45) is -1.98. The maximum atomic E-state index is 10.9. The highest BCUT2D eigenvalue weighted by Crippen LogP contribution is 2.20. The number of esters is 1. The quantitative estimate of drug-likeness (QED) is 0.510. The third kappa shape index (κ3) is 1.74. The van der Waals surface area contributed by atoms with Crippen molar-refractivity contribution in [2.45, 2.75) is 24.7 Å². The summed E-state index contributed by atoms with van der Waals surface area (Å²) in [6, 6.07) is 0. The Labute approximate surface area is 69.9 Å². The molecule has 0 aromatic carbocycles. The summed E-state index contributed by atoms with van der Waals surface area (Å²) in [4.78, 5) is 10.9. The van der Waals surface area contributed by atoms with Crippen LogP contribution in [-0.2, 0) is 14.3 Å². The molecule has 5 nitrogen and oxygen atoms in total. The van der Waals surface area contributed by atoms with Gasteiger partial charge in [-0.3, -0.25) is 0 Å². The minimum Gasteiger partial charge on any atom is -0.467 e. The van der Waals surface area contributed by atoms with E-state index < -0.39 is 24.3 Å². The van der Waals surface area contributed by atoms with Crippen LogP contribution < -0.4 is 0 Å². The van der Waals surface area contributed by atoms with Gasteiger partial charge >= 0.3 is 5.97 Å². The Kier molecular flexibility index (Phi) is 3.02. The van der Waals surface area contributed by atoms with E-state index in [1.165, 1.54) is 7.11 Å². The second kappa shape index (κ2) is 3.84. The van der Waals surface area contributed by atoms with E-state index in [0.29, 0.717) is 0 Å². The van der Waals surface area contributed by atoms with Gasteiger partial charge in [0.15, 0.2) is 6.10 Å². The average Bonchev–Trinajstić information content (AvgIpc) is 2.45. The van der Waals surface area contributed by atoms with E-state index in [1.54, 1.807) is 0 Å². The standard InChI is InChI=1S/C7H12O5/c1-11-7(10)5-2-4(9)6(3-8)12-5/h4-6,8-9H,2-3H2,1H3. The van der Waals surface area contributed by atoms with Crippen LogP contribution >= 0.6 is 0 Å². The first-order chi connectivity index (χ1) is 5.69. The molecule has 1 fully saturated rings. The van der Waals surface area contributed by atoms with Crippen LogP contribution in [0.2, 0.25) is 0 Å². The first kappa shape index (κ1) is 9.44. The van der Waals surface area contributed by atoms with Crippen LogP contribution in [0.25, 0.3) is 0 Å². The summed E-state index contributed by atoms with van der Waals surface area (Å²) in [7, 11) is 1.25. The van der Waals surface area contributed by atoms with E-state index in [9.17, 15) is 9.90 Å². The molecule has 0 aromatic rings. The zero-order chi connectivity index (χ0) is 9.14. The van der Waals surface area contributed by atoms with E-state index in [2.05, 4.69) is 4.74 Å². The molecule has 1 rings (SSSR count). The van der Waals surface area contributed by atoms with E-state index in [-0.39, 0.29) is 13.0 Å². The molecule has 70 valence electrons. The molecule has 0 aromatic heterocycles. The Morgan fingerprint density at radius 3 is 2.83 bits per heavy atom. The number of methoxy groups -OCH3 is 1. The Morgan fingerprint density at radius 2 is 2.42 bits per heavy atom. The Balaban J connectivity index is 2.48. The molecule has 0 spiro atoms. The van der Waals surface area contributed by atoms with E-state index in [1.807, 2.05) is 0 Å². The van der Waals surface area contributed by atoms with Crippen molar-refractivity contribution in [2.75, 3.05) is 13.7 Å². The number of ether oxygens (including phenoxy) is 2. The van der Waals surface area contributed by atoms with Crippen molar-refractivity contribution in [3.8, 4) is 0 Å². The van der Waals surface area contributed by atoms with Crippen LogP contribution in [0.1, 0.15) is 6.42 Å². The highest BCUT2D eigenvalue weighted by molar-refractivity contribution is 5.74. The molecular formula is C7H12O5. The van der Waals surface area contributed by atoms with Crippen LogP contribution in [0.15, 0.2) is 0 Å². The van der Waals surface area contributed by atoms with Gasteiger partial charge in [-0.15, -0.1) is 0 Å². The minimum atomic E-state index is -0.779. The molecule has 0 radical (unpaired) electrons. The summed E-state index contributed by atoms with van der Waals surface area (Å²) in [5.41, 5.74) is 0. The molecule has 0 aliphatic carbocycles. The number of hydrogen-bond donors (Lipinski definition) is 2. The summed E-state index contributed by atoms with van der Waals surface area (Å²) in [5.74, 6) is -0.509. The van der Waals surface area contributed by atoms with Gasteiger partial charge in [-0.25, -0.2) is 4.79 Å². The molecule has 1 aliphatic rings. The van der Waals surface area contributed by atoms with Crippen LogP contribution in [0.4, 0.5) is 0 Å². The van der Waals surface area contributed by atoms with Crippen LogP contribution in [-0.4, -0.2) is 48.2 Å². The second-order valence-electron chi connectivity index (χ2n) is 2.67. The third-order valence-corrected chi connectivity index (χ3v) is 1.87. The highest BCUT2D eigenvalue weighted by atomic mass is 16.6. The predicted molar refractivity (Wildman–Crippen MR) is 38.4 cm³/mol. The molecule has 5 heteroatoms. The molecule has 3 atom stereocenters. The molecule has 1 aliphatic heterocycles. The van der Waals surface area contributed by atoms with Crippen molar-refractivity contribution in [3.05, 3.63) is 0 Å². The Hall–Kier alpha value is -0.650. The number of rotatable bonds is 2. The van der Waals surface area contributed by atoms with E-state index in [0.717, 1.165) is 0 Å². The van der Waals surface area contributed by atoms with Crippen molar-refractivity contribution >= 4 is 5.97 Å². The Bertz CT molecular complexity index is 169. The summed E-state index contributed by atoms with van der Waals surface area (Å²) in [6.45, 7) is -0.283. The van der Waals surface area contributed by atoms with E-state index >= 15 is 0 Å². The minimum absolute atomic E-state index is 0.192. The van der Waals surface area contributed by atoms with Crippen molar-refractivity contribution in [1.82, 2.24) is 0 Å². The van der Waals surface area contributed by atoms with Crippen molar-refractivity contribution < 1.29 is 24.5 Å². The van der Waals surface area contributed by atoms with Gasteiger partial charge in [0.25, 0.3) is 0 Å². The summed E-state index contributed by atoms with van der Waals surface area (Å²) < 4.78 is 9.42. The molecule has 0 amide bonds. The van der Waals surface area contributed by atoms with Crippen LogP contribution in [0, 0.1) is 0 Å². The van der Waals surface area contributed by atoms with E-state index in [4.69, 9.17) is 9.84 Å². The molecule has 0 bridgehead atoms. The smallest absolute Gasteiger partial charge is 0.335 e. The summed E-state index contributed by atoms with van der Waals surface area (Å²) >= 11 is 0. The van der Waals surface area contributed by atoms with Gasteiger partial charge in [-0.1, -0.05) is 0 Å². The van der Waals surface area contributed by atoms with Crippen molar-refractivity contribution in [1.29, 1.82) is 0 Å². The number of hydrogen-bond acceptors (Lipinski definition) is 5. The fourth-order valence-electron chi connectivity index (χ4n) is 1.18. The molecule has 1 saturated heterocycles. The zero-order valence-corrected chi connectivity index (χ0v) is 6.77. The molecule has 12 heavy (non-hydrogen) atoms. The number of aliphatic hydroxyl groups is 2. The lowest BCUT2D eigenvalue weighted by atomic mass is 10.1. The van der Waals surface area contributed by atoms with Gasteiger partial charge in [-0.2, -0.15) is 0 Å². The number of carbonyl (C=O) groups is 1. The average molecular weight is 176 g/mol. The lowest BCUT2D eigenvalue weighted by Crippen LogP contribution is -2.25. The second-order valence-corrected chi connectivity index (χ2v) is 2.67. The molecule has 0 saturated carbocycles. The lowest BCUT2D eigenvalue weighted by Gasteiger charge is -2.09. The third-order valence-electron chi connectivity index (χ3n) is 1.87. The van der Waals surface area contributed by atoms with Gasteiger partial charge in [0.05, 0.1) is 19.8 Å². The Morgan fingerprint density at radius 1 is 1.75 bits per heavy atom. The van der Waals surface area contributed by atoms with Crippen LogP contribution in [0.5, 0.6) is 0 Å². The number of aliphatic hydroxyl groups excluding tert-OH is 2. The lowest BCUT2D eigenvalue weighted by molar-refractivity contribution is -0.154. The monoisotopic (exact) mass is 176 g/mol. The van der Waals surface area contributed by atoms with Gasteiger partial charge in [0.1, 0.15) is 6.10 Å². The predicted octanol–water partition coefficient (Wildman–Crippen LogP) is -1.33. The fraction of sp³-hybridized carbons (Fsp3) is 0.857.